The maximum absolute atomic E-state index is 12.2. The summed E-state index contributed by atoms with van der Waals surface area (Å²) in [7, 11) is 0. The predicted molar refractivity (Wildman–Crippen MR) is 100 cm³/mol. The van der Waals surface area contributed by atoms with Crippen LogP contribution >= 0.6 is 22.7 Å². The SMILES string of the molecule is O=C(Cc1cccs1)Nc1nc(-c2cc3ccccc3oc2=O)cs1. The molecule has 0 saturated carbocycles. The molecule has 7 heteroatoms. The van der Waals surface area contributed by atoms with Crippen LogP contribution in [-0.4, -0.2) is 10.9 Å². The molecule has 0 aliphatic carbocycles. The van der Waals surface area contributed by atoms with Crippen molar-refractivity contribution < 1.29 is 9.21 Å². The summed E-state index contributed by atoms with van der Waals surface area (Å²) in [6, 6.07) is 12.9. The number of benzene rings is 1. The highest BCUT2D eigenvalue weighted by Crippen LogP contribution is 2.25. The van der Waals surface area contributed by atoms with Crippen LogP contribution in [0.3, 0.4) is 0 Å². The summed E-state index contributed by atoms with van der Waals surface area (Å²) in [5.41, 5.74) is 0.973. The summed E-state index contributed by atoms with van der Waals surface area (Å²) < 4.78 is 5.33. The number of hydrogen-bond acceptors (Lipinski definition) is 6. The first-order valence-corrected chi connectivity index (χ1v) is 9.26. The molecular weight excluding hydrogens is 356 g/mol. The van der Waals surface area contributed by atoms with Gasteiger partial charge in [-0.25, -0.2) is 9.78 Å². The first kappa shape index (κ1) is 15.7. The number of hydrogen-bond donors (Lipinski definition) is 1. The Morgan fingerprint density at radius 3 is 2.88 bits per heavy atom. The van der Waals surface area contributed by atoms with Gasteiger partial charge in [0, 0.05) is 15.6 Å². The molecule has 0 atom stereocenters. The Balaban J connectivity index is 1.58. The van der Waals surface area contributed by atoms with Gasteiger partial charge < -0.3 is 9.73 Å². The smallest absolute Gasteiger partial charge is 0.345 e. The van der Waals surface area contributed by atoms with E-state index in [1.165, 1.54) is 22.7 Å². The minimum atomic E-state index is -0.444. The van der Waals surface area contributed by atoms with Gasteiger partial charge in [0.15, 0.2) is 5.13 Å². The molecule has 1 N–H and O–H groups in total. The second-order valence-electron chi connectivity index (χ2n) is 5.33. The molecular formula is C18H12N2O3S2. The lowest BCUT2D eigenvalue weighted by molar-refractivity contribution is -0.115. The Hall–Kier alpha value is -2.77. The standard InChI is InChI=1S/C18H12N2O3S2/c21-16(9-12-5-3-7-24-12)20-18-19-14(10-25-18)13-8-11-4-1-2-6-15(11)23-17(13)22/h1-8,10H,9H2,(H,19,20,21). The normalized spacial score (nSPS) is 10.9. The maximum atomic E-state index is 12.2. The number of carbonyl (C=O) groups is 1. The van der Waals surface area contributed by atoms with Gasteiger partial charge in [-0.3, -0.25) is 4.79 Å². The minimum Gasteiger partial charge on any atom is -0.422 e. The van der Waals surface area contributed by atoms with Crippen LogP contribution in [0.5, 0.6) is 0 Å². The third kappa shape index (κ3) is 3.38. The lowest BCUT2D eigenvalue weighted by Gasteiger charge is -2.00. The number of thiophene rings is 1. The number of carbonyl (C=O) groups excluding carboxylic acids is 1. The highest BCUT2D eigenvalue weighted by Gasteiger charge is 2.13. The van der Waals surface area contributed by atoms with Crippen molar-refractivity contribution in [1.82, 2.24) is 4.98 Å². The molecule has 4 aromatic rings. The molecule has 25 heavy (non-hydrogen) atoms. The molecule has 0 saturated heterocycles. The van der Waals surface area contributed by atoms with Gasteiger partial charge >= 0.3 is 5.63 Å². The first-order chi connectivity index (χ1) is 12.2. The van der Waals surface area contributed by atoms with E-state index in [1.54, 1.807) is 17.5 Å². The van der Waals surface area contributed by atoms with Gasteiger partial charge in [-0.2, -0.15) is 0 Å². The van der Waals surface area contributed by atoms with Gasteiger partial charge in [0.1, 0.15) is 5.58 Å². The Labute approximate surface area is 150 Å². The Bertz CT molecular complexity index is 1100. The van der Waals surface area contributed by atoms with Crippen molar-refractivity contribution in [2.45, 2.75) is 6.42 Å². The Morgan fingerprint density at radius 1 is 1.16 bits per heavy atom. The minimum absolute atomic E-state index is 0.131. The van der Waals surface area contributed by atoms with Crippen LogP contribution < -0.4 is 10.9 Å². The van der Waals surface area contributed by atoms with Gasteiger partial charge in [0.2, 0.25) is 5.91 Å². The van der Waals surface area contributed by atoms with E-state index in [9.17, 15) is 9.59 Å². The van der Waals surface area contributed by atoms with Crippen molar-refractivity contribution >= 4 is 44.7 Å². The second-order valence-corrected chi connectivity index (χ2v) is 7.22. The van der Waals surface area contributed by atoms with Gasteiger partial charge in [0.25, 0.3) is 0 Å². The van der Waals surface area contributed by atoms with Gasteiger partial charge in [0.05, 0.1) is 17.7 Å². The summed E-state index contributed by atoms with van der Waals surface area (Å²) in [4.78, 5) is 29.6. The van der Waals surface area contributed by atoms with E-state index in [0.29, 0.717) is 28.4 Å². The van der Waals surface area contributed by atoms with E-state index in [0.717, 1.165) is 10.3 Å². The fourth-order valence-corrected chi connectivity index (χ4v) is 3.86. The molecule has 0 spiro atoms. The Morgan fingerprint density at radius 2 is 2.04 bits per heavy atom. The quantitative estimate of drug-likeness (QED) is 0.549. The molecule has 1 aromatic carbocycles. The zero-order chi connectivity index (χ0) is 17.2. The van der Waals surface area contributed by atoms with Crippen LogP contribution in [0.2, 0.25) is 0 Å². The first-order valence-electron chi connectivity index (χ1n) is 7.50. The third-order valence-electron chi connectivity index (χ3n) is 3.58. The number of anilines is 1. The number of fused-ring (bicyclic) bond motifs is 1. The summed E-state index contributed by atoms with van der Waals surface area (Å²) in [6.07, 6.45) is 0.310. The van der Waals surface area contributed by atoms with E-state index in [1.807, 2.05) is 35.7 Å². The molecule has 5 nitrogen and oxygen atoms in total. The lowest BCUT2D eigenvalue weighted by atomic mass is 10.1. The number of nitrogens with zero attached hydrogens (tertiary/aromatic N) is 1. The van der Waals surface area contributed by atoms with Gasteiger partial charge in [-0.1, -0.05) is 24.3 Å². The van der Waals surface area contributed by atoms with Crippen LogP contribution in [-0.2, 0) is 11.2 Å². The molecule has 3 aromatic heterocycles. The van der Waals surface area contributed by atoms with Crippen molar-refractivity contribution in [2.75, 3.05) is 5.32 Å². The molecule has 0 radical (unpaired) electrons. The Kier molecular flexibility index (Phi) is 4.17. The monoisotopic (exact) mass is 368 g/mol. The summed E-state index contributed by atoms with van der Waals surface area (Å²) in [5.74, 6) is -0.131. The molecule has 0 unspecified atom stereocenters. The van der Waals surface area contributed by atoms with Crippen molar-refractivity contribution in [3.05, 3.63) is 68.5 Å². The summed E-state index contributed by atoms with van der Waals surface area (Å²) >= 11 is 2.81. The fourth-order valence-electron chi connectivity index (χ4n) is 2.43. The number of para-hydroxylation sites is 1. The van der Waals surface area contributed by atoms with Crippen LogP contribution in [0.15, 0.2) is 62.4 Å². The third-order valence-corrected chi connectivity index (χ3v) is 5.22. The van der Waals surface area contributed by atoms with E-state index in [-0.39, 0.29) is 5.91 Å². The number of amides is 1. The van der Waals surface area contributed by atoms with Crippen LogP contribution in [0.1, 0.15) is 4.88 Å². The number of thiazole rings is 1. The molecule has 1 amide bonds. The fraction of sp³-hybridized carbons (Fsp3) is 0.0556. The molecule has 124 valence electrons. The van der Waals surface area contributed by atoms with Gasteiger partial charge in [-0.15, -0.1) is 22.7 Å². The molecule has 3 heterocycles. The number of rotatable bonds is 4. The highest BCUT2D eigenvalue weighted by atomic mass is 32.1. The largest absolute Gasteiger partial charge is 0.422 e. The molecule has 0 aliphatic heterocycles. The second kappa shape index (κ2) is 6.62. The zero-order valence-electron chi connectivity index (χ0n) is 12.9. The van der Waals surface area contributed by atoms with Gasteiger partial charge in [-0.05, 0) is 23.6 Å². The van der Waals surface area contributed by atoms with E-state index >= 15 is 0 Å². The molecule has 0 fully saturated rings. The van der Waals surface area contributed by atoms with E-state index in [2.05, 4.69) is 10.3 Å². The van der Waals surface area contributed by atoms with Crippen LogP contribution in [0.4, 0.5) is 5.13 Å². The van der Waals surface area contributed by atoms with E-state index < -0.39 is 5.63 Å². The van der Waals surface area contributed by atoms with Crippen LogP contribution in [0, 0.1) is 0 Å². The van der Waals surface area contributed by atoms with Crippen molar-refractivity contribution in [3.8, 4) is 11.3 Å². The number of nitrogens with one attached hydrogen (secondary N) is 1. The number of aromatic nitrogens is 1. The summed E-state index contributed by atoms with van der Waals surface area (Å²) in [5, 5.41) is 7.73. The lowest BCUT2D eigenvalue weighted by Crippen LogP contribution is -2.13. The highest BCUT2D eigenvalue weighted by molar-refractivity contribution is 7.14. The average molecular weight is 368 g/mol. The summed E-state index contributed by atoms with van der Waals surface area (Å²) in [6.45, 7) is 0. The van der Waals surface area contributed by atoms with Crippen molar-refractivity contribution in [3.63, 3.8) is 0 Å². The predicted octanol–water partition coefficient (Wildman–Crippen LogP) is 4.16. The van der Waals surface area contributed by atoms with Crippen molar-refractivity contribution in [1.29, 1.82) is 0 Å². The molecule has 0 bridgehead atoms. The molecule has 4 rings (SSSR count). The molecule has 0 aliphatic rings. The topological polar surface area (TPSA) is 72.2 Å². The van der Waals surface area contributed by atoms with E-state index in [4.69, 9.17) is 4.42 Å². The maximum Gasteiger partial charge on any atom is 0.345 e. The zero-order valence-corrected chi connectivity index (χ0v) is 14.5. The average Bonchev–Trinajstić information content (AvgIpc) is 3.26. The van der Waals surface area contributed by atoms with Crippen LogP contribution in [0.25, 0.3) is 22.2 Å². The van der Waals surface area contributed by atoms with Crippen molar-refractivity contribution in [2.24, 2.45) is 0 Å².